The molecule has 0 N–H and O–H groups in total. The van der Waals surface area contributed by atoms with Crippen LogP contribution in [0, 0.1) is 16.7 Å². The second-order valence-corrected chi connectivity index (χ2v) is 17.9. The third-order valence-corrected chi connectivity index (χ3v) is 15.3. The van der Waals surface area contributed by atoms with E-state index in [4.69, 9.17) is 9.16 Å². The van der Waals surface area contributed by atoms with Gasteiger partial charge >= 0.3 is 5.97 Å². The molecule has 0 aromatic rings. The van der Waals surface area contributed by atoms with Crippen LogP contribution in [-0.2, 0) is 28.3 Å². The van der Waals surface area contributed by atoms with Crippen LogP contribution < -0.4 is 0 Å². The number of hydrogen-bond donors (Lipinski definition) is 0. The molecule has 2 aliphatic rings. The molecule has 204 valence electrons. The first kappa shape index (κ1) is 30.6. The zero-order valence-electron chi connectivity index (χ0n) is 24.2. The minimum absolute atomic E-state index is 0.0756. The molecule has 0 saturated heterocycles. The van der Waals surface area contributed by atoms with E-state index < -0.39 is 31.2 Å². The number of esters is 1. The van der Waals surface area contributed by atoms with Crippen molar-refractivity contribution < 1.29 is 28.3 Å². The van der Waals surface area contributed by atoms with Crippen molar-refractivity contribution in [2.75, 3.05) is 7.11 Å². The molecule has 6 nitrogen and oxygen atoms in total. The normalized spacial score (nSPS) is 26.9. The summed E-state index contributed by atoms with van der Waals surface area (Å²) in [7, 11) is -1.29. The number of carbonyl (C=O) groups is 4. The van der Waals surface area contributed by atoms with Crippen molar-refractivity contribution in [3.8, 4) is 0 Å². The second-order valence-electron chi connectivity index (χ2n) is 12.5. The smallest absolute Gasteiger partial charge is 0.319 e. The number of ether oxygens (including phenoxy) is 1. The zero-order valence-corrected chi connectivity index (χ0v) is 25.2. The maximum Gasteiger partial charge on any atom is 0.319 e. The summed E-state index contributed by atoms with van der Waals surface area (Å²) >= 11 is 0. The van der Waals surface area contributed by atoms with E-state index in [0.717, 1.165) is 23.9 Å². The Kier molecular flexibility index (Phi) is 9.71. The van der Waals surface area contributed by atoms with Gasteiger partial charge in [0.15, 0.2) is 5.78 Å². The number of allylic oxidation sites excluding steroid dienone is 1. The standard InChI is InChI=1S/C29H48O6Si/c1-18(2)36(19(3)4,20(5)6)35-25-24-21(7)13-14-22(28(24,8)9)23(31)17-29(26(25)32,27(33)34-10)15-11-12-16-30/h16,18-20,22,25H,11-15,17H2,1-10H3/t22?,25-,29-/m0/s1. The Morgan fingerprint density at radius 2 is 1.64 bits per heavy atom. The van der Waals surface area contributed by atoms with E-state index in [1.807, 2.05) is 6.92 Å². The first-order valence-corrected chi connectivity index (χ1v) is 15.8. The third-order valence-electron chi connectivity index (χ3n) is 9.20. The van der Waals surface area contributed by atoms with Crippen molar-refractivity contribution >= 4 is 32.1 Å². The fourth-order valence-electron chi connectivity index (χ4n) is 7.50. The minimum atomic E-state index is -2.55. The first-order chi connectivity index (χ1) is 16.6. The van der Waals surface area contributed by atoms with Gasteiger partial charge in [-0.3, -0.25) is 14.4 Å². The summed E-state index contributed by atoms with van der Waals surface area (Å²) in [5.74, 6) is -1.44. The lowest BCUT2D eigenvalue weighted by Crippen LogP contribution is -2.60. The molecule has 2 aliphatic carbocycles. The molecule has 0 radical (unpaired) electrons. The molecule has 7 heteroatoms. The van der Waals surface area contributed by atoms with Crippen molar-refractivity contribution in [1.82, 2.24) is 0 Å². The summed E-state index contributed by atoms with van der Waals surface area (Å²) in [5, 5.41) is 0. The number of hydrogen-bond acceptors (Lipinski definition) is 6. The summed E-state index contributed by atoms with van der Waals surface area (Å²) in [6.45, 7) is 19.2. The highest BCUT2D eigenvalue weighted by Crippen LogP contribution is 2.54. The molecular weight excluding hydrogens is 472 g/mol. The molecule has 2 rings (SSSR count). The molecule has 1 saturated carbocycles. The van der Waals surface area contributed by atoms with Gasteiger partial charge in [0.1, 0.15) is 23.6 Å². The van der Waals surface area contributed by atoms with E-state index in [1.54, 1.807) is 0 Å². The van der Waals surface area contributed by atoms with E-state index in [1.165, 1.54) is 7.11 Å². The third kappa shape index (κ3) is 5.07. The molecule has 0 heterocycles. The van der Waals surface area contributed by atoms with E-state index >= 15 is 0 Å². The second kappa shape index (κ2) is 11.4. The van der Waals surface area contributed by atoms with Crippen molar-refractivity contribution in [2.45, 2.75) is 124 Å². The van der Waals surface area contributed by atoms with Crippen molar-refractivity contribution in [3.05, 3.63) is 11.1 Å². The first-order valence-electron chi connectivity index (χ1n) is 13.6. The highest BCUT2D eigenvalue weighted by atomic mass is 28.4. The molecule has 0 amide bonds. The summed E-state index contributed by atoms with van der Waals surface area (Å²) in [6.07, 6.45) is 1.74. The molecule has 0 aromatic carbocycles. The van der Waals surface area contributed by atoms with Gasteiger partial charge in [-0.05, 0) is 60.2 Å². The van der Waals surface area contributed by atoms with Gasteiger partial charge in [0.2, 0.25) is 8.32 Å². The predicted molar refractivity (Wildman–Crippen MR) is 144 cm³/mol. The number of fused-ring (bicyclic) bond motifs is 2. The minimum Gasteiger partial charge on any atom is -0.468 e. The average molecular weight is 521 g/mol. The lowest BCUT2D eigenvalue weighted by molar-refractivity contribution is -0.166. The summed E-state index contributed by atoms with van der Waals surface area (Å²) in [6, 6.07) is 0. The van der Waals surface area contributed by atoms with Crippen molar-refractivity contribution in [1.29, 1.82) is 0 Å². The van der Waals surface area contributed by atoms with Gasteiger partial charge in [-0.25, -0.2) is 0 Å². The highest BCUT2D eigenvalue weighted by molar-refractivity contribution is 6.77. The molecule has 2 bridgehead atoms. The van der Waals surface area contributed by atoms with Gasteiger partial charge in [0.25, 0.3) is 0 Å². The lowest BCUT2D eigenvalue weighted by atomic mass is 9.56. The summed E-state index contributed by atoms with van der Waals surface area (Å²) in [4.78, 5) is 53.1. The molecule has 0 aromatic heterocycles. The fraction of sp³-hybridized carbons (Fsp3) is 0.793. The van der Waals surface area contributed by atoms with Gasteiger partial charge < -0.3 is 14.0 Å². The number of rotatable bonds is 10. The van der Waals surface area contributed by atoms with Gasteiger partial charge in [-0.15, -0.1) is 0 Å². The van der Waals surface area contributed by atoms with Gasteiger partial charge in [0, 0.05) is 18.8 Å². The number of aldehydes is 1. The van der Waals surface area contributed by atoms with Crippen LogP contribution in [0.4, 0.5) is 0 Å². The number of carbonyl (C=O) groups excluding carboxylic acids is 4. The SMILES string of the molecule is COC(=O)[C@@]1(CCCC=O)CC(=O)C2CCC(C)=C([C@H](O[Si](C(C)C)(C(C)C)C(C)C)C1=O)C2(C)C. The van der Waals surface area contributed by atoms with Crippen LogP contribution in [0.2, 0.25) is 16.6 Å². The maximum atomic E-state index is 14.8. The van der Waals surface area contributed by atoms with Crippen molar-refractivity contribution in [2.24, 2.45) is 16.7 Å². The number of ketones is 2. The van der Waals surface area contributed by atoms with Gasteiger partial charge in [-0.1, -0.05) is 61.0 Å². The molecule has 1 unspecified atom stereocenters. The Morgan fingerprint density at radius 1 is 1.08 bits per heavy atom. The predicted octanol–water partition coefficient (Wildman–Crippen LogP) is 6.37. The molecular formula is C29H48O6Si. The zero-order chi connectivity index (χ0) is 27.6. The molecule has 36 heavy (non-hydrogen) atoms. The molecule has 0 aliphatic heterocycles. The van der Waals surface area contributed by atoms with Crippen LogP contribution in [0.5, 0.6) is 0 Å². The quantitative estimate of drug-likeness (QED) is 0.0830. The Morgan fingerprint density at radius 3 is 2.11 bits per heavy atom. The van der Waals surface area contributed by atoms with Crippen LogP contribution >= 0.6 is 0 Å². The monoisotopic (exact) mass is 520 g/mol. The largest absolute Gasteiger partial charge is 0.468 e. The molecule has 1 fully saturated rings. The van der Waals surface area contributed by atoms with Gasteiger partial charge in [0.05, 0.1) is 7.11 Å². The lowest BCUT2D eigenvalue weighted by Gasteiger charge is -2.52. The van der Waals surface area contributed by atoms with E-state index in [-0.39, 0.29) is 53.4 Å². The Balaban J connectivity index is 2.89. The molecule has 0 spiro atoms. The number of methoxy groups -OCH3 is 1. The summed E-state index contributed by atoms with van der Waals surface area (Å²) in [5.41, 5.74) is 0.461. The summed E-state index contributed by atoms with van der Waals surface area (Å²) < 4.78 is 12.4. The maximum absolute atomic E-state index is 14.8. The van der Waals surface area contributed by atoms with Crippen LogP contribution in [0.1, 0.15) is 101 Å². The Bertz CT molecular complexity index is 878. The van der Waals surface area contributed by atoms with Crippen LogP contribution in [-0.4, -0.2) is 45.4 Å². The molecule has 3 atom stereocenters. The van der Waals surface area contributed by atoms with Crippen LogP contribution in [0.25, 0.3) is 0 Å². The van der Waals surface area contributed by atoms with E-state index in [0.29, 0.717) is 12.8 Å². The fourth-order valence-corrected chi connectivity index (χ4v) is 13.0. The van der Waals surface area contributed by atoms with Gasteiger partial charge in [-0.2, -0.15) is 0 Å². The average Bonchev–Trinajstić information content (AvgIpc) is 2.77. The highest BCUT2D eigenvalue weighted by Gasteiger charge is 2.60. The number of Topliss-reactive ketones (excluding diaryl/α,β-unsaturated/α-hetero) is 2. The van der Waals surface area contributed by atoms with E-state index in [9.17, 15) is 19.2 Å². The topological polar surface area (TPSA) is 86.7 Å². The van der Waals surface area contributed by atoms with E-state index in [2.05, 4.69) is 55.4 Å². The Labute approximate surface area is 219 Å². The number of unbranched alkanes of at least 4 members (excludes halogenated alkanes) is 1. The Hall–Kier alpha value is -1.60. The van der Waals surface area contributed by atoms with Crippen LogP contribution in [0.3, 0.4) is 0 Å². The van der Waals surface area contributed by atoms with Crippen molar-refractivity contribution in [3.63, 3.8) is 0 Å². The van der Waals surface area contributed by atoms with Crippen LogP contribution in [0.15, 0.2) is 11.1 Å².